The molecule has 1 amide bonds. The predicted octanol–water partition coefficient (Wildman–Crippen LogP) is 3.07. The van der Waals surface area contributed by atoms with E-state index in [4.69, 9.17) is 11.6 Å². The molecule has 2 rings (SSSR count). The van der Waals surface area contributed by atoms with Gasteiger partial charge >= 0.3 is 0 Å². The summed E-state index contributed by atoms with van der Waals surface area (Å²) in [5.41, 5.74) is 1.22. The van der Waals surface area contributed by atoms with Gasteiger partial charge in [-0.05, 0) is 36.8 Å². The Labute approximate surface area is 154 Å². The molecule has 128 valence electrons. The first-order valence-corrected chi connectivity index (χ1v) is 9.45. The maximum Gasteiger partial charge on any atom is 0.244 e. The number of hydrogen-bond donors (Lipinski definition) is 1. The molecule has 1 N–H and O–H groups in total. The molecule has 2 aromatic rings. The van der Waals surface area contributed by atoms with Gasteiger partial charge < -0.3 is 5.32 Å². The van der Waals surface area contributed by atoms with Crippen molar-refractivity contribution in [1.29, 1.82) is 0 Å². The lowest BCUT2D eigenvalue weighted by Gasteiger charge is -2.17. The number of halogens is 2. The summed E-state index contributed by atoms with van der Waals surface area (Å²) in [4.78, 5) is 16.0. The van der Waals surface area contributed by atoms with Gasteiger partial charge in [-0.2, -0.15) is 4.31 Å². The van der Waals surface area contributed by atoms with Gasteiger partial charge in [-0.1, -0.05) is 27.5 Å². The third kappa shape index (κ3) is 4.32. The second kappa shape index (κ2) is 7.60. The average Bonchev–Trinajstić information content (AvgIpc) is 2.51. The summed E-state index contributed by atoms with van der Waals surface area (Å²) in [6.45, 7) is 1.45. The number of aromatic nitrogens is 1. The number of aryl methyl sites for hydroxylation is 1. The van der Waals surface area contributed by atoms with Crippen LogP contribution in [-0.2, 0) is 14.8 Å². The Kier molecular flexibility index (Phi) is 5.97. The van der Waals surface area contributed by atoms with Crippen molar-refractivity contribution in [2.24, 2.45) is 0 Å². The number of sulfonamides is 1. The van der Waals surface area contributed by atoms with Gasteiger partial charge in [0.15, 0.2) is 0 Å². The van der Waals surface area contributed by atoms with E-state index >= 15 is 0 Å². The van der Waals surface area contributed by atoms with Crippen LogP contribution in [-0.4, -0.2) is 37.2 Å². The normalized spacial score (nSPS) is 11.5. The van der Waals surface area contributed by atoms with Gasteiger partial charge in [0.25, 0.3) is 0 Å². The minimum atomic E-state index is -3.78. The van der Waals surface area contributed by atoms with Gasteiger partial charge in [-0.15, -0.1) is 0 Å². The lowest BCUT2D eigenvalue weighted by molar-refractivity contribution is -0.116. The van der Waals surface area contributed by atoms with Crippen molar-refractivity contribution in [3.8, 4) is 0 Å². The molecule has 0 atom stereocenters. The second-order valence-electron chi connectivity index (χ2n) is 5.08. The van der Waals surface area contributed by atoms with Gasteiger partial charge in [0, 0.05) is 23.9 Å². The van der Waals surface area contributed by atoms with E-state index < -0.39 is 15.9 Å². The maximum atomic E-state index is 12.4. The fourth-order valence-electron chi connectivity index (χ4n) is 2.01. The quantitative estimate of drug-likeness (QED) is 0.787. The molecule has 1 heterocycles. The summed E-state index contributed by atoms with van der Waals surface area (Å²) in [5.74, 6) is -0.489. The van der Waals surface area contributed by atoms with Crippen LogP contribution in [0, 0.1) is 6.92 Å². The highest BCUT2D eigenvalue weighted by molar-refractivity contribution is 9.10. The molecule has 9 heteroatoms. The standard InChI is InChI=1S/C15H15BrClN3O3S/c1-10-6-11(16)7-13(17)15(10)19-14(21)9-20(2)24(22,23)12-4-3-5-18-8-12/h3-8H,9H2,1-2H3,(H,19,21). The van der Waals surface area contributed by atoms with E-state index in [-0.39, 0.29) is 11.4 Å². The van der Waals surface area contributed by atoms with Crippen LogP contribution in [0.2, 0.25) is 5.02 Å². The van der Waals surface area contributed by atoms with Crippen LogP contribution < -0.4 is 5.32 Å². The van der Waals surface area contributed by atoms with Crippen molar-refractivity contribution >= 4 is 49.1 Å². The Balaban J connectivity index is 2.13. The summed E-state index contributed by atoms with van der Waals surface area (Å²) in [7, 11) is -2.45. The fraction of sp³-hybridized carbons (Fsp3) is 0.200. The second-order valence-corrected chi connectivity index (χ2v) is 8.45. The zero-order valence-corrected chi connectivity index (χ0v) is 16.1. The Morgan fingerprint density at radius 1 is 1.42 bits per heavy atom. The molecule has 24 heavy (non-hydrogen) atoms. The highest BCUT2D eigenvalue weighted by atomic mass is 79.9. The Hall–Kier alpha value is -1.48. The van der Waals surface area contributed by atoms with Crippen molar-refractivity contribution in [2.45, 2.75) is 11.8 Å². The maximum absolute atomic E-state index is 12.4. The topological polar surface area (TPSA) is 79.4 Å². The first-order chi connectivity index (χ1) is 11.2. The van der Waals surface area contributed by atoms with Crippen molar-refractivity contribution in [2.75, 3.05) is 18.9 Å². The Morgan fingerprint density at radius 3 is 2.71 bits per heavy atom. The van der Waals surface area contributed by atoms with Crippen molar-refractivity contribution in [3.05, 3.63) is 51.7 Å². The molecule has 0 bridgehead atoms. The monoisotopic (exact) mass is 431 g/mol. The molecule has 1 aromatic heterocycles. The molecule has 0 fully saturated rings. The predicted molar refractivity (Wildman–Crippen MR) is 96.6 cm³/mol. The molecule has 0 aliphatic heterocycles. The minimum absolute atomic E-state index is 0.0261. The van der Waals surface area contributed by atoms with Gasteiger partial charge in [0.2, 0.25) is 15.9 Å². The van der Waals surface area contributed by atoms with E-state index in [2.05, 4.69) is 26.2 Å². The number of likely N-dealkylation sites (N-methyl/N-ethyl adjacent to an activating group) is 1. The highest BCUT2D eigenvalue weighted by Gasteiger charge is 2.23. The largest absolute Gasteiger partial charge is 0.323 e. The summed E-state index contributed by atoms with van der Waals surface area (Å²) < 4.78 is 26.5. The van der Waals surface area contributed by atoms with E-state index in [1.54, 1.807) is 19.1 Å². The van der Waals surface area contributed by atoms with Crippen LogP contribution in [0.25, 0.3) is 0 Å². The highest BCUT2D eigenvalue weighted by Crippen LogP contribution is 2.29. The summed E-state index contributed by atoms with van der Waals surface area (Å²) in [6, 6.07) is 6.40. The molecule has 1 aromatic carbocycles. The number of pyridine rings is 1. The van der Waals surface area contributed by atoms with Gasteiger partial charge in [0.05, 0.1) is 17.3 Å². The molecular formula is C15H15BrClN3O3S. The number of carbonyl (C=O) groups is 1. The third-order valence-corrected chi connectivity index (χ3v) is 5.77. The molecule has 6 nitrogen and oxygen atoms in total. The smallest absolute Gasteiger partial charge is 0.244 e. The lowest BCUT2D eigenvalue weighted by Crippen LogP contribution is -2.35. The lowest BCUT2D eigenvalue weighted by atomic mass is 10.2. The number of carbonyl (C=O) groups excluding carboxylic acids is 1. The fourth-order valence-corrected chi connectivity index (χ4v) is 4.12. The average molecular weight is 433 g/mol. The SMILES string of the molecule is Cc1cc(Br)cc(Cl)c1NC(=O)CN(C)S(=O)(=O)c1cccnc1. The minimum Gasteiger partial charge on any atom is -0.323 e. The molecule has 0 radical (unpaired) electrons. The van der Waals surface area contributed by atoms with Crippen molar-refractivity contribution < 1.29 is 13.2 Å². The summed E-state index contributed by atoms with van der Waals surface area (Å²) >= 11 is 9.43. The van der Waals surface area contributed by atoms with E-state index in [0.29, 0.717) is 10.7 Å². The molecule has 0 spiro atoms. The number of hydrogen-bond acceptors (Lipinski definition) is 4. The van der Waals surface area contributed by atoms with Crippen LogP contribution in [0.15, 0.2) is 46.0 Å². The zero-order chi connectivity index (χ0) is 17.9. The van der Waals surface area contributed by atoms with Crippen LogP contribution in [0.1, 0.15) is 5.56 Å². The van der Waals surface area contributed by atoms with E-state index in [9.17, 15) is 13.2 Å². The summed E-state index contributed by atoms with van der Waals surface area (Å²) in [5, 5.41) is 3.02. The van der Waals surface area contributed by atoms with Crippen molar-refractivity contribution in [3.63, 3.8) is 0 Å². The van der Waals surface area contributed by atoms with Gasteiger partial charge in [-0.3, -0.25) is 9.78 Å². The van der Waals surface area contributed by atoms with E-state index in [1.807, 2.05) is 0 Å². The molecule has 0 saturated carbocycles. The Morgan fingerprint density at radius 2 is 2.12 bits per heavy atom. The third-order valence-electron chi connectivity index (χ3n) is 3.23. The number of nitrogens with one attached hydrogen (secondary N) is 1. The van der Waals surface area contributed by atoms with Gasteiger partial charge in [0.1, 0.15) is 4.90 Å². The number of anilines is 1. The Bertz CT molecular complexity index is 837. The van der Waals surface area contributed by atoms with E-state index in [1.165, 1.54) is 31.6 Å². The summed E-state index contributed by atoms with van der Waals surface area (Å²) in [6.07, 6.45) is 2.71. The number of rotatable bonds is 5. The van der Waals surface area contributed by atoms with Crippen LogP contribution in [0.3, 0.4) is 0 Å². The molecular weight excluding hydrogens is 418 g/mol. The molecule has 0 aliphatic rings. The first-order valence-electron chi connectivity index (χ1n) is 6.83. The molecule has 0 aliphatic carbocycles. The number of nitrogens with zero attached hydrogens (tertiary/aromatic N) is 2. The number of benzene rings is 1. The first kappa shape index (κ1) is 18.9. The number of amides is 1. The van der Waals surface area contributed by atoms with Gasteiger partial charge in [-0.25, -0.2) is 8.42 Å². The van der Waals surface area contributed by atoms with Crippen LogP contribution in [0.4, 0.5) is 5.69 Å². The van der Waals surface area contributed by atoms with E-state index in [0.717, 1.165) is 14.3 Å². The molecule has 0 saturated heterocycles. The van der Waals surface area contributed by atoms with Crippen LogP contribution >= 0.6 is 27.5 Å². The zero-order valence-electron chi connectivity index (χ0n) is 13.0. The molecule has 0 unspecified atom stereocenters. The van der Waals surface area contributed by atoms with Crippen LogP contribution in [0.5, 0.6) is 0 Å². The van der Waals surface area contributed by atoms with Crippen molar-refractivity contribution in [1.82, 2.24) is 9.29 Å².